The van der Waals surface area contributed by atoms with Crippen molar-refractivity contribution in [2.45, 2.75) is 51.0 Å². The molecule has 0 amide bonds. The standard InChI is InChI=1S/C15H23NS/c1-10(2)13-9-17-14-8-11(15(3,4)5)6-7-12(14)16-13/h6-8,10,13,16H,9H2,1-5H3. The van der Waals surface area contributed by atoms with Gasteiger partial charge in [0.25, 0.3) is 0 Å². The highest BCUT2D eigenvalue weighted by Crippen LogP contribution is 2.37. The lowest BCUT2D eigenvalue weighted by atomic mass is 9.87. The second-order valence-electron chi connectivity index (χ2n) is 6.27. The van der Waals surface area contributed by atoms with Crippen molar-refractivity contribution in [2.24, 2.45) is 5.92 Å². The fourth-order valence-corrected chi connectivity index (χ4v) is 3.33. The second-order valence-corrected chi connectivity index (χ2v) is 7.33. The molecule has 1 aliphatic rings. The smallest absolute Gasteiger partial charge is 0.0481 e. The van der Waals surface area contributed by atoms with Gasteiger partial charge >= 0.3 is 0 Å². The molecule has 1 nitrogen and oxygen atoms in total. The molecule has 1 aromatic carbocycles. The lowest BCUT2D eigenvalue weighted by molar-refractivity contribution is 0.561. The van der Waals surface area contributed by atoms with Crippen molar-refractivity contribution in [3.63, 3.8) is 0 Å². The second kappa shape index (κ2) is 4.56. The maximum absolute atomic E-state index is 3.65. The Morgan fingerprint density at radius 1 is 1.29 bits per heavy atom. The van der Waals surface area contributed by atoms with Crippen LogP contribution in [0, 0.1) is 5.92 Å². The van der Waals surface area contributed by atoms with Crippen LogP contribution >= 0.6 is 11.8 Å². The molecule has 0 saturated carbocycles. The first-order valence-corrected chi connectivity index (χ1v) is 7.40. The maximum Gasteiger partial charge on any atom is 0.0481 e. The molecular formula is C15H23NS. The Morgan fingerprint density at radius 3 is 2.59 bits per heavy atom. The van der Waals surface area contributed by atoms with Crippen LogP contribution in [0.25, 0.3) is 0 Å². The van der Waals surface area contributed by atoms with E-state index in [0.717, 1.165) is 0 Å². The van der Waals surface area contributed by atoms with Crippen molar-refractivity contribution in [3.05, 3.63) is 23.8 Å². The van der Waals surface area contributed by atoms with E-state index in [9.17, 15) is 0 Å². The number of benzene rings is 1. The van der Waals surface area contributed by atoms with Crippen LogP contribution in [0.2, 0.25) is 0 Å². The zero-order valence-corrected chi connectivity index (χ0v) is 12.3. The van der Waals surface area contributed by atoms with E-state index in [1.807, 2.05) is 11.8 Å². The Balaban J connectivity index is 2.26. The van der Waals surface area contributed by atoms with Crippen molar-refractivity contribution in [1.29, 1.82) is 0 Å². The van der Waals surface area contributed by atoms with Gasteiger partial charge in [-0.05, 0) is 29.0 Å². The van der Waals surface area contributed by atoms with Crippen LogP contribution in [-0.2, 0) is 5.41 Å². The van der Waals surface area contributed by atoms with Gasteiger partial charge in [-0.15, -0.1) is 11.8 Å². The summed E-state index contributed by atoms with van der Waals surface area (Å²) in [5.74, 6) is 1.87. The molecule has 0 bridgehead atoms. The van der Waals surface area contributed by atoms with Crippen molar-refractivity contribution in [2.75, 3.05) is 11.1 Å². The number of nitrogens with one attached hydrogen (secondary N) is 1. The average molecular weight is 249 g/mol. The highest BCUT2D eigenvalue weighted by atomic mass is 32.2. The molecule has 0 radical (unpaired) electrons. The first-order valence-electron chi connectivity index (χ1n) is 6.42. The summed E-state index contributed by atoms with van der Waals surface area (Å²) in [5, 5.41) is 3.65. The minimum absolute atomic E-state index is 0.241. The summed E-state index contributed by atoms with van der Waals surface area (Å²) in [7, 11) is 0. The van der Waals surface area contributed by atoms with Crippen LogP contribution in [0.15, 0.2) is 23.1 Å². The van der Waals surface area contributed by atoms with Gasteiger partial charge in [0.15, 0.2) is 0 Å². The molecule has 0 saturated heterocycles. The molecule has 1 aliphatic heterocycles. The van der Waals surface area contributed by atoms with Crippen molar-refractivity contribution in [1.82, 2.24) is 0 Å². The Labute approximate surface area is 109 Å². The Kier molecular flexibility index (Phi) is 3.44. The van der Waals surface area contributed by atoms with Crippen molar-refractivity contribution < 1.29 is 0 Å². The minimum Gasteiger partial charge on any atom is -0.380 e. The van der Waals surface area contributed by atoms with Gasteiger partial charge in [-0.2, -0.15) is 0 Å². The van der Waals surface area contributed by atoms with Crippen molar-refractivity contribution in [3.8, 4) is 0 Å². The molecule has 1 aromatic rings. The Bertz CT molecular complexity index is 404. The van der Waals surface area contributed by atoms with E-state index >= 15 is 0 Å². The molecule has 0 fully saturated rings. The number of thioether (sulfide) groups is 1. The minimum atomic E-state index is 0.241. The predicted octanol–water partition coefficient (Wildman–Crippen LogP) is 4.53. The van der Waals surface area contributed by atoms with E-state index in [0.29, 0.717) is 12.0 Å². The molecule has 1 unspecified atom stereocenters. The SMILES string of the molecule is CC(C)C1CSc2cc(C(C)(C)C)ccc2N1. The largest absolute Gasteiger partial charge is 0.380 e. The summed E-state index contributed by atoms with van der Waals surface area (Å²) in [6.07, 6.45) is 0. The van der Waals surface area contributed by atoms with Gasteiger partial charge < -0.3 is 5.32 Å². The molecule has 1 N–H and O–H groups in total. The summed E-state index contributed by atoms with van der Waals surface area (Å²) in [6.45, 7) is 11.4. The maximum atomic E-state index is 3.65. The lowest BCUT2D eigenvalue weighted by Gasteiger charge is -2.30. The molecular weight excluding hydrogens is 226 g/mol. The molecule has 2 heteroatoms. The van der Waals surface area contributed by atoms with Gasteiger partial charge in [0.1, 0.15) is 0 Å². The van der Waals surface area contributed by atoms with Gasteiger partial charge in [0.2, 0.25) is 0 Å². The first kappa shape index (κ1) is 12.8. The third kappa shape index (κ3) is 2.79. The number of hydrogen-bond acceptors (Lipinski definition) is 2. The zero-order chi connectivity index (χ0) is 12.6. The molecule has 0 spiro atoms. The highest BCUT2D eigenvalue weighted by molar-refractivity contribution is 7.99. The average Bonchev–Trinajstić information content (AvgIpc) is 2.26. The third-order valence-corrected chi connectivity index (χ3v) is 4.59. The molecule has 17 heavy (non-hydrogen) atoms. The van der Waals surface area contributed by atoms with E-state index in [1.54, 1.807) is 0 Å². The van der Waals surface area contributed by atoms with Crippen LogP contribution in [0.4, 0.5) is 5.69 Å². The fraction of sp³-hybridized carbons (Fsp3) is 0.600. The summed E-state index contributed by atoms with van der Waals surface area (Å²) < 4.78 is 0. The van der Waals surface area contributed by atoms with Crippen LogP contribution in [0.3, 0.4) is 0 Å². The van der Waals surface area contributed by atoms with Gasteiger partial charge in [-0.25, -0.2) is 0 Å². The molecule has 1 atom stereocenters. The molecule has 0 aromatic heterocycles. The summed E-state index contributed by atoms with van der Waals surface area (Å²) >= 11 is 1.99. The number of fused-ring (bicyclic) bond motifs is 1. The Morgan fingerprint density at radius 2 is 2.00 bits per heavy atom. The number of rotatable bonds is 1. The highest BCUT2D eigenvalue weighted by Gasteiger charge is 2.22. The van der Waals surface area contributed by atoms with Crippen molar-refractivity contribution >= 4 is 17.4 Å². The van der Waals surface area contributed by atoms with E-state index in [4.69, 9.17) is 0 Å². The topological polar surface area (TPSA) is 12.0 Å². The molecule has 1 heterocycles. The van der Waals surface area contributed by atoms with E-state index < -0.39 is 0 Å². The fourth-order valence-electron chi connectivity index (χ4n) is 2.01. The summed E-state index contributed by atoms with van der Waals surface area (Å²) in [6, 6.07) is 7.46. The van der Waals surface area contributed by atoms with Crippen LogP contribution in [0.5, 0.6) is 0 Å². The number of anilines is 1. The Hall–Kier alpha value is -0.630. The van der Waals surface area contributed by atoms with Crippen LogP contribution in [-0.4, -0.2) is 11.8 Å². The third-order valence-electron chi connectivity index (χ3n) is 3.41. The molecule has 94 valence electrons. The summed E-state index contributed by atoms with van der Waals surface area (Å²) in [5.41, 5.74) is 2.98. The predicted molar refractivity (Wildman–Crippen MR) is 78.1 cm³/mol. The molecule has 2 rings (SSSR count). The van der Waals surface area contributed by atoms with Crippen LogP contribution < -0.4 is 5.32 Å². The van der Waals surface area contributed by atoms with Gasteiger partial charge in [0, 0.05) is 22.4 Å². The van der Waals surface area contributed by atoms with E-state index in [2.05, 4.69) is 58.1 Å². The normalized spacial score (nSPS) is 20.0. The van der Waals surface area contributed by atoms with Crippen LogP contribution in [0.1, 0.15) is 40.2 Å². The molecule has 0 aliphatic carbocycles. The van der Waals surface area contributed by atoms with E-state index in [-0.39, 0.29) is 5.41 Å². The number of hydrogen-bond donors (Lipinski definition) is 1. The quantitative estimate of drug-likeness (QED) is 0.785. The zero-order valence-electron chi connectivity index (χ0n) is 11.5. The summed E-state index contributed by atoms with van der Waals surface area (Å²) in [4.78, 5) is 1.41. The lowest BCUT2D eigenvalue weighted by Crippen LogP contribution is -2.31. The van der Waals surface area contributed by atoms with E-state index in [1.165, 1.54) is 21.9 Å². The van der Waals surface area contributed by atoms with Gasteiger partial charge in [-0.1, -0.05) is 40.7 Å². The van der Waals surface area contributed by atoms with Gasteiger partial charge in [0.05, 0.1) is 0 Å². The monoisotopic (exact) mass is 249 g/mol. The van der Waals surface area contributed by atoms with Gasteiger partial charge in [-0.3, -0.25) is 0 Å². The first-order chi connectivity index (χ1) is 7.88.